The lowest BCUT2D eigenvalue weighted by Gasteiger charge is -2.15. The molecular weight excluding hydrogens is 300 g/mol. The smallest absolute Gasteiger partial charge is 0.338 e. The zero-order valence-electron chi connectivity index (χ0n) is 15.0. The fraction of sp³-hybridized carbons (Fsp3) is 0.381. The highest BCUT2D eigenvalue weighted by atomic mass is 16.5. The molecule has 2 aromatic carbocycles. The molecule has 0 spiro atoms. The maximum atomic E-state index is 12.3. The van der Waals surface area contributed by atoms with Crippen molar-refractivity contribution >= 4 is 5.97 Å². The molecule has 0 amide bonds. The molecule has 0 atom stereocenters. The number of ether oxygens (including phenoxy) is 2. The van der Waals surface area contributed by atoms with Crippen LogP contribution in [0, 0.1) is 13.8 Å². The van der Waals surface area contributed by atoms with Crippen molar-refractivity contribution in [1.82, 2.24) is 0 Å². The summed E-state index contributed by atoms with van der Waals surface area (Å²) in [6, 6.07) is 11.9. The van der Waals surface area contributed by atoms with E-state index >= 15 is 0 Å². The van der Waals surface area contributed by atoms with E-state index in [1.165, 1.54) is 5.56 Å². The van der Waals surface area contributed by atoms with Gasteiger partial charge >= 0.3 is 5.97 Å². The highest BCUT2D eigenvalue weighted by Crippen LogP contribution is 2.23. The van der Waals surface area contributed by atoms with Crippen LogP contribution < -0.4 is 4.74 Å². The summed E-state index contributed by atoms with van der Waals surface area (Å²) in [4.78, 5) is 12.3. The SMILES string of the molecule is CCCOC(=O)c1cccc(CC)c1COc1ccc(C)cc1C. The van der Waals surface area contributed by atoms with E-state index in [-0.39, 0.29) is 5.97 Å². The standard InChI is InChI=1S/C21H26O3/c1-5-12-23-21(22)18-9-7-8-17(6-2)19(18)14-24-20-11-10-15(3)13-16(20)4/h7-11,13H,5-6,12,14H2,1-4H3. The normalized spacial score (nSPS) is 10.5. The van der Waals surface area contributed by atoms with Gasteiger partial charge in [0, 0.05) is 5.56 Å². The zero-order valence-corrected chi connectivity index (χ0v) is 15.0. The molecule has 24 heavy (non-hydrogen) atoms. The molecule has 2 rings (SSSR count). The molecule has 2 aromatic rings. The van der Waals surface area contributed by atoms with E-state index < -0.39 is 0 Å². The molecule has 0 aliphatic carbocycles. The topological polar surface area (TPSA) is 35.5 Å². The van der Waals surface area contributed by atoms with E-state index in [1.54, 1.807) is 0 Å². The Bertz CT molecular complexity index is 704. The van der Waals surface area contributed by atoms with Crippen LogP contribution in [0.5, 0.6) is 5.75 Å². The molecule has 0 N–H and O–H groups in total. The second kappa shape index (κ2) is 8.53. The molecule has 0 radical (unpaired) electrons. The maximum absolute atomic E-state index is 12.3. The Hall–Kier alpha value is -2.29. The third kappa shape index (κ3) is 4.38. The Morgan fingerprint density at radius 2 is 1.88 bits per heavy atom. The summed E-state index contributed by atoms with van der Waals surface area (Å²) in [5.41, 5.74) is 4.94. The second-order valence-corrected chi connectivity index (χ2v) is 5.99. The highest BCUT2D eigenvalue weighted by molar-refractivity contribution is 5.91. The molecule has 0 saturated carbocycles. The van der Waals surface area contributed by atoms with Crippen molar-refractivity contribution in [2.24, 2.45) is 0 Å². The van der Waals surface area contributed by atoms with Crippen LogP contribution in [0.1, 0.15) is 52.9 Å². The molecule has 0 saturated heterocycles. The summed E-state index contributed by atoms with van der Waals surface area (Å²) in [7, 11) is 0. The third-order valence-corrected chi connectivity index (χ3v) is 4.01. The maximum Gasteiger partial charge on any atom is 0.338 e. The van der Waals surface area contributed by atoms with E-state index in [4.69, 9.17) is 9.47 Å². The van der Waals surface area contributed by atoms with Gasteiger partial charge in [0.2, 0.25) is 0 Å². The summed E-state index contributed by atoms with van der Waals surface area (Å²) in [6.45, 7) is 8.96. The Balaban J connectivity index is 2.25. The van der Waals surface area contributed by atoms with Gasteiger partial charge in [-0.2, -0.15) is 0 Å². The van der Waals surface area contributed by atoms with Crippen LogP contribution in [-0.4, -0.2) is 12.6 Å². The van der Waals surface area contributed by atoms with Crippen LogP contribution in [0.4, 0.5) is 0 Å². The minimum absolute atomic E-state index is 0.272. The van der Waals surface area contributed by atoms with Crippen molar-refractivity contribution in [3.63, 3.8) is 0 Å². The van der Waals surface area contributed by atoms with Crippen molar-refractivity contribution in [1.29, 1.82) is 0 Å². The first kappa shape index (κ1) is 18.1. The number of benzene rings is 2. The van der Waals surface area contributed by atoms with Gasteiger partial charge in [-0.1, -0.05) is 43.7 Å². The van der Waals surface area contributed by atoms with Gasteiger partial charge in [-0.05, 0) is 49.9 Å². The zero-order chi connectivity index (χ0) is 17.5. The molecule has 0 bridgehead atoms. The number of hydrogen-bond donors (Lipinski definition) is 0. The number of hydrogen-bond acceptors (Lipinski definition) is 3. The Morgan fingerprint density at radius 1 is 1.08 bits per heavy atom. The summed E-state index contributed by atoms with van der Waals surface area (Å²) in [5, 5.41) is 0. The largest absolute Gasteiger partial charge is 0.489 e. The second-order valence-electron chi connectivity index (χ2n) is 5.99. The average Bonchev–Trinajstić information content (AvgIpc) is 2.58. The highest BCUT2D eigenvalue weighted by Gasteiger charge is 2.16. The van der Waals surface area contributed by atoms with Gasteiger partial charge in [-0.3, -0.25) is 0 Å². The minimum Gasteiger partial charge on any atom is -0.489 e. The Kier molecular flexibility index (Phi) is 6.42. The molecule has 0 fully saturated rings. The lowest BCUT2D eigenvalue weighted by atomic mass is 9.99. The van der Waals surface area contributed by atoms with E-state index in [0.29, 0.717) is 18.8 Å². The summed E-state index contributed by atoms with van der Waals surface area (Å²) in [5.74, 6) is 0.575. The Labute approximate surface area is 144 Å². The van der Waals surface area contributed by atoms with Crippen molar-refractivity contribution in [3.05, 3.63) is 64.2 Å². The predicted molar refractivity (Wildman–Crippen MR) is 96.6 cm³/mol. The molecule has 0 aliphatic rings. The van der Waals surface area contributed by atoms with Crippen LogP contribution in [0.25, 0.3) is 0 Å². The lowest BCUT2D eigenvalue weighted by Crippen LogP contribution is -2.13. The molecule has 128 valence electrons. The van der Waals surface area contributed by atoms with Gasteiger partial charge in [-0.25, -0.2) is 4.79 Å². The Morgan fingerprint density at radius 3 is 2.54 bits per heavy atom. The van der Waals surface area contributed by atoms with E-state index in [9.17, 15) is 4.79 Å². The van der Waals surface area contributed by atoms with Crippen molar-refractivity contribution in [2.75, 3.05) is 6.61 Å². The van der Waals surface area contributed by atoms with Crippen LogP contribution in [0.15, 0.2) is 36.4 Å². The van der Waals surface area contributed by atoms with Crippen LogP contribution >= 0.6 is 0 Å². The van der Waals surface area contributed by atoms with Gasteiger partial charge in [-0.15, -0.1) is 0 Å². The van der Waals surface area contributed by atoms with Gasteiger partial charge in [0.25, 0.3) is 0 Å². The molecule has 3 heteroatoms. The number of carbonyl (C=O) groups excluding carboxylic acids is 1. The van der Waals surface area contributed by atoms with Gasteiger partial charge in [0.1, 0.15) is 12.4 Å². The lowest BCUT2D eigenvalue weighted by molar-refractivity contribution is 0.0502. The third-order valence-electron chi connectivity index (χ3n) is 4.01. The molecular formula is C21H26O3. The molecule has 0 unspecified atom stereocenters. The quantitative estimate of drug-likeness (QED) is 0.671. The molecule has 0 aliphatic heterocycles. The summed E-state index contributed by atoms with van der Waals surface area (Å²) < 4.78 is 11.3. The summed E-state index contributed by atoms with van der Waals surface area (Å²) in [6.07, 6.45) is 1.66. The van der Waals surface area contributed by atoms with Gasteiger partial charge in [0.05, 0.1) is 12.2 Å². The van der Waals surface area contributed by atoms with Crippen molar-refractivity contribution in [3.8, 4) is 5.75 Å². The first-order chi connectivity index (χ1) is 11.6. The first-order valence-electron chi connectivity index (χ1n) is 8.54. The number of rotatable bonds is 7. The predicted octanol–water partition coefficient (Wildman–Crippen LogP) is 5.01. The van der Waals surface area contributed by atoms with Crippen LogP contribution in [0.2, 0.25) is 0 Å². The van der Waals surface area contributed by atoms with Crippen LogP contribution in [-0.2, 0) is 17.8 Å². The number of carbonyl (C=O) groups is 1. The fourth-order valence-corrected chi connectivity index (χ4v) is 2.71. The number of aryl methyl sites for hydroxylation is 3. The number of esters is 1. The van der Waals surface area contributed by atoms with Crippen molar-refractivity contribution in [2.45, 2.75) is 47.1 Å². The molecule has 0 heterocycles. The molecule has 0 aromatic heterocycles. The molecule has 3 nitrogen and oxygen atoms in total. The van der Waals surface area contributed by atoms with E-state index in [1.807, 2.05) is 44.2 Å². The van der Waals surface area contributed by atoms with E-state index in [2.05, 4.69) is 19.9 Å². The van der Waals surface area contributed by atoms with Gasteiger partial charge in [0.15, 0.2) is 0 Å². The van der Waals surface area contributed by atoms with Crippen LogP contribution in [0.3, 0.4) is 0 Å². The van der Waals surface area contributed by atoms with Crippen molar-refractivity contribution < 1.29 is 14.3 Å². The first-order valence-corrected chi connectivity index (χ1v) is 8.54. The monoisotopic (exact) mass is 326 g/mol. The summed E-state index contributed by atoms with van der Waals surface area (Å²) >= 11 is 0. The van der Waals surface area contributed by atoms with Gasteiger partial charge < -0.3 is 9.47 Å². The minimum atomic E-state index is -0.272. The fourth-order valence-electron chi connectivity index (χ4n) is 2.71. The average molecular weight is 326 g/mol. The van der Waals surface area contributed by atoms with E-state index in [0.717, 1.165) is 35.3 Å².